The Labute approximate surface area is 298 Å². The van der Waals surface area contributed by atoms with Gasteiger partial charge in [0.25, 0.3) is 5.56 Å². The fourth-order valence-corrected chi connectivity index (χ4v) is 4.49. The number of nitrogens with two attached hydrogens (primary N) is 2. The van der Waals surface area contributed by atoms with E-state index in [1.807, 2.05) is 19.9 Å². The number of nitrogen functional groups attached to an aromatic ring is 2. The molecule has 1 aliphatic rings. The summed E-state index contributed by atoms with van der Waals surface area (Å²) in [4.78, 5) is 49.3. The van der Waals surface area contributed by atoms with Crippen molar-refractivity contribution in [2.75, 3.05) is 11.1 Å². The number of nitrogens with zero attached hydrogens (tertiary/aromatic N) is 2. The number of alkyl halides is 5. The number of Topliss-reactive ketones (excluding diaryl/α,β-unsaturated/α-hetero) is 1. The van der Waals surface area contributed by atoms with Crippen molar-refractivity contribution in [3.63, 3.8) is 0 Å². The maximum absolute atomic E-state index is 13.4. The van der Waals surface area contributed by atoms with Crippen molar-refractivity contribution in [2.24, 2.45) is 5.73 Å². The summed E-state index contributed by atoms with van der Waals surface area (Å²) < 4.78 is 62.2. The van der Waals surface area contributed by atoms with Crippen LogP contribution in [-0.2, 0) is 27.5 Å². The number of aliphatic carboxylic acids is 1. The van der Waals surface area contributed by atoms with Crippen molar-refractivity contribution in [2.45, 2.75) is 83.5 Å². The first-order chi connectivity index (χ1) is 24.1. The lowest BCUT2D eigenvalue weighted by molar-refractivity contribution is -0.192. The molecule has 284 valence electrons. The maximum atomic E-state index is 13.4. The van der Waals surface area contributed by atoms with Crippen LogP contribution in [0.15, 0.2) is 53.5 Å². The lowest BCUT2D eigenvalue weighted by Crippen LogP contribution is -2.35. The van der Waals surface area contributed by atoms with Gasteiger partial charge >= 0.3 is 17.8 Å². The lowest BCUT2D eigenvalue weighted by atomic mass is 10.1. The third kappa shape index (κ3) is 14.2. The highest BCUT2D eigenvalue weighted by Crippen LogP contribution is 2.30. The zero-order valence-corrected chi connectivity index (χ0v) is 29.7. The van der Waals surface area contributed by atoms with Gasteiger partial charge in [0, 0.05) is 42.4 Å². The Morgan fingerprint density at radius 1 is 1.10 bits per heavy atom. The molecular weight excluding hydrogens is 716 g/mol. The molecule has 0 bridgehead atoms. The Kier molecular flexibility index (Phi) is 15.7. The molecule has 1 atom stereocenters. The molecule has 1 heterocycles. The Balaban J connectivity index is 0.000000564. The Morgan fingerprint density at radius 2 is 1.65 bits per heavy atom. The second-order valence-corrected chi connectivity index (χ2v) is 12.6. The molecule has 4 rings (SSSR count). The van der Waals surface area contributed by atoms with Crippen LogP contribution in [0.2, 0.25) is 0 Å². The minimum absolute atomic E-state index is 0.0138. The Bertz CT molecular complexity index is 1750. The van der Waals surface area contributed by atoms with Crippen LogP contribution in [0.25, 0.3) is 11.3 Å². The number of carboxylic acids is 1. The number of nitrogens with one attached hydrogen (secondary N) is 3. The number of carboxylic acid groups (broad SMARTS) is 1. The van der Waals surface area contributed by atoms with E-state index in [-0.39, 0.29) is 42.8 Å². The number of carbonyl (C=O) groups is 3. The van der Waals surface area contributed by atoms with Gasteiger partial charge in [-0.15, -0.1) is 0 Å². The minimum atomic E-state index is -5.08. The van der Waals surface area contributed by atoms with E-state index >= 15 is 0 Å². The summed E-state index contributed by atoms with van der Waals surface area (Å²) in [6.07, 6.45) is 0.937. The second kappa shape index (κ2) is 18.9. The van der Waals surface area contributed by atoms with Crippen LogP contribution < -0.4 is 32.4 Å². The van der Waals surface area contributed by atoms with Crippen molar-refractivity contribution in [3.05, 3.63) is 70.1 Å². The van der Waals surface area contributed by atoms with Crippen molar-refractivity contribution in [1.82, 2.24) is 14.9 Å². The zero-order chi connectivity index (χ0) is 39.4. The molecule has 3 aromatic rings. The molecule has 52 heavy (non-hydrogen) atoms. The summed E-state index contributed by atoms with van der Waals surface area (Å²) in [6, 6.07) is 12.4. The van der Waals surface area contributed by atoms with Gasteiger partial charge in [0.1, 0.15) is 18.1 Å². The summed E-state index contributed by atoms with van der Waals surface area (Å²) in [7, 11) is 1.15. The van der Waals surface area contributed by atoms with E-state index in [0.29, 0.717) is 28.3 Å². The van der Waals surface area contributed by atoms with Crippen LogP contribution in [0.5, 0.6) is 5.75 Å². The molecule has 19 heteroatoms. The predicted molar refractivity (Wildman–Crippen MR) is 188 cm³/mol. The van der Waals surface area contributed by atoms with E-state index in [2.05, 4.69) is 15.6 Å². The molecule has 13 nitrogen and oxygen atoms in total. The number of aromatic nitrogens is 2. The normalized spacial score (nSPS) is 12.9. The Hall–Kier alpha value is -5.12. The number of carbonyl (C=O) groups excluding carboxylic acids is 2. The van der Waals surface area contributed by atoms with E-state index in [9.17, 15) is 36.3 Å². The number of rotatable bonds is 11. The van der Waals surface area contributed by atoms with Gasteiger partial charge in [-0.25, -0.2) is 9.78 Å². The van der Waals surface area contributed by atoms with Crippen LogP contribution in [0.1, 0.15) is 57.6 Å². The first-order valence-electron chi connectivity index (χ1n) is 15.7. The van der Waals surface area contributed by atoms with Crippen LogP contribution >= 0.6 is 9.24 Å². The largest absolute Gasteiger partial charge is 0.490 e. The van der Waals surface area contributed by atoms with Gasteiger partial charge in [-0.2, -0.15) is 22.0 Å². The standard InChI is InChI=1S/C28H35N7O3.C3H5F2OP.C2HF3O2/c1-17(2)34-27-28(37)35(16-25(36)32-14-18-7-9-19(10-8-18)26(30)31)24(15-33-27)20-11-21(29)13-23(12-20)38-22-5-3-4-6-22;1-2(6)3(4,5)7;3-2(4,5)1(6)7/h7-13,15,17,22H,3-6,14,16,29H2,1-2H3,(H3,30,31)(H,32,36)(H,33,34);7H2,1H3;(H,6,7). The SMILES string of the molecule is CC(=O)C(F)(F)P.CC(C)Nc1ncc(-c2cc(N)cc(OC3CCCC3)c2)n(CC(=O)NCc2ccc(C(=N)N)cc2)c1=O.O=C(O)C(F)(F)F. The monoisotopic (exact) mass is 757 g/mol. The number of amides is 1. The van der Waals surface area contributed by atoms with Crippen molar-refractivity contribution in [3.8, 4) is 17.0 Å². The van der Waals surface area contributed by atoms with Gasteiger partial charge in [-0.1, -0.05) is 33.5 Å². The molecule has 2 aromatic carbocycles. The molecule has 1 saturated carbocycles. The fraction of sp³-hybridized carbons (Fsp3) is 0.394. The molecule has 0 saturated heterocycles. The van der Waals surface area contributed by atoms with E-state index in [1.54, 1.807) is 42.6 Å². The highest BCUT2D eigenvalue weighted by molar-refractivity contribution is 7.20. The zero-order valence-electron chi connectivity index (χ0n) is 28.5. The molecule has 8 N–H and O–H groups in total. The molecule has 1 aliphatic carbocycles. The van der Waals surface area contributed by atoms with Crippen LogP contribution in [0, 0.1) is 5.41 Å². The smallest absolute Gasteiger partial charge is 0.490 e. The first kappa shape index (κ1) is 43.0. The highest BCUT2D eigenvalue weighted by Gasteiger charge is 2.38. The molecule has 1 fully saturated rings. The minimum Gasteiger partial charge on any atom is -0.490 e. The first-order valence-corrected chi connectivity index (χ1v) is 16.3. The summed E-state index contributed by atoms with van der Waals surface area (Å²) in [5.41, 5.74) is 11.1. The van der Waals surface area contributed by atoms with Gasteiger partial charge in [-0.05, 0) is 57.2 Å². The second-order valence-electron chi connectivity index (χ2n) is 11.9. The number of anilines is 2. The van der Waals surface area contributed by atoms with Crippen LogP contribution in [-0.4, -0.2) is 62.1 Å². The topological polar surface area (TPSA) is 216 Å². The van der Waals surface area contributed by atoms with Crippen molar-refractivity contribution in [1.29, 1.82) is 5.41 Å². The van der Waals surface area contributed by atoms with E-state index in [4.69, 9.17) is 31.5 Å². The maximum Gasteiger partial charge on any atom is 0.490 e. The third-order valence-corrected chi connectivity index (χ3v) is 7.48. The molecule has 1 amide bonds. The molecule has 1 unspecified atom stereocenters. The summed E-state index contributed by atoms with van der Waals surface area (Å²) in [5.74, 6) is -3.44. The van der Waals surface area contributed by atoms with Gasteiger partial charge in [0.05, 0.1) is 18.0 Å². The fourth-order valence-electron chi connectivity index (χ4n) is 4.49. The summed E-state index contributed by atoms with van der Waals surface area (Å²) in [6.45, 7) is 4.72. The van der Waals surface area contributed by atoms with Crippen LogP contribution in [0.3, 0.4) is 0 Å². The van der Waals surface area contributed by atoms with Gasteiger partial charge in [0.2, 0.25) is 11.7 Å². The van der Waals surface area contributed by atoms with E-state index < -0.39 is 29.2 Å². The van der Waals surface area contributed by atoms with Crippen molar-refractivity contribution < 1.29 is 46.2 Å². The number of halogens is 5. The van der Waals surface area contributed by atoms with E-state index in [0.717, 1.165) is 47.4 Å². The number of ether oxygens (including phenoxy) is 1. The predicted octanol–water partition coefficient (Wildman–Crippen LogP) is 4.91. The number of amidine groups is 1. The Morgan fingerprint density at radius 3 is 2.13 bits per heavy atom. The highest BCUT2D eigenvalue weighted by atomic mass is 31.0. The molecule has 1 aromatic heterocycles. The third-order valence-electron chi connectivity index (χ3n) is 7.08. The average molecular weight is 758 g/mol. The van der Waals surface area contributed by atoms with Gasteiger partial charge in [-0.3, -0.25) is 24.4 Å². The molecule has 0 spiro atoms. The summed E-state index contributed by atoms with van der Waals surface area (Å²) >= 11 is 0. The number of hydrogen-bond donors (Lipinski definition) is 6. The molecular formula is C33H41F5N7O6P. The number of benzene rings is 2. The summed E-state index contributed by atoms with van der Waals surface area (Å²) in [5, 5.41) is 20.5. The van der Waals surface area contributed by atoms with Crippen molar-refractivity contribution >= 4 is 44.2 Å². The van der Waals surface area contributed by atoms with Gasteiger partial charge in [0.15, 0.2) is 5.82 Å². The molecule has 0 radical (unpaired) electrons. The number of ketones is 1. The number of hydrogen-bond acceptors (Lipinski definition) is 9. The molecule has 0 aliphatic heterocycles. The lowest BCUT2D eigenvalue weighted by Gasteiger charge is -2.18. The quantitative estimate of drug-likeness (QED) is 0.0511. The van der Waals surface area contributed by atoms with Gasteiger partial charge < -0.3 is 31.9 Å². The van der Waals surface area contributed by atoms with Crippen LogP contribution in [0.4, 0.5) is 33.5 Å². The van der Waals surface area contributed by atoms with E-state index in [1.165, 1.54) is 4.57 Å². The average Bonchev–Trinajstić information content (AvgIpc) is 3.54.